The van der Waals surface area contributed by atoms with E-state index in [0.29, 0.717) is 38.2 Å². The van der Waals surface area contributed by atoms with E-state index in [9.17, 15) is 22.8 Å². The third kappa shape index (κ3) is 5.38. The van der Waals surface area contributed by atoms with E-state index in [1.54, 1.807) is 6.92 Å². The first-order chi connectivity index (χ1) is 10.7. The maximum absolute atomic E-state index is 12.3. The highest BCUT2D eigenvalue weighted by molar-refractivity contribution is 5.93. The van der Waals surface area contributed by atoms with E-state index in [2.05, 4.69) is 10.3 Å². The second-order valence-corrected chi connectivity index (χ2v) is 5.94. The number of likely N-dealkylation sites (tertiary alicyclic amines) is 1. The molecule has 1 aromatic heterocycles. The molecule has 0 aromatic carbocycles. The van der Waals surface area contributed by atoms with Crippen molar-refractivity contribution >= 4 is 5.91 Å². The Morgan fingerprint density at radius 1 is 1.39 bits per heavy atom. The third-order valence-electron chi connectivity index (χ3n) is 3.96. The summed E-state index contributed by atoms with van der Waals surface area (Å²) in [5, 5.41) is 2.69. The van der Waals surface area contributed by atoms with Crippen LogP contribution < -0.4 is 10.7 Å². The molecule has 0 bridgehead atoms. The van der Waals surface area contributed by atoms with Crippen molar-refractivity contribution in [3.8, 4) is 0 Å². The van der Waals surface area contributed by atoms with Crippen LogP contribution in [0.2, 0.25) is 0 Å². The largest absolute Gasteiger partial charge is 0.401 e. The van der Waals surface area contributed by atoms with Crippen LogP contribution in [0.25, 0.3) is 0 Å². The quantitative estimate of drug-likeness (QED) is 0.882. The molecule has 0 aliphatic carbocycles. The normalized spacial score (nSPS) is 17.2. The lowest BCUT2D eigenvalue weighted by Crippen LogP contribution is -2.42. The van der Waals surface area contributed by atoms with Crippen LogP contribution in [0.3, 0.4) is 0 Å². The minimum Gasteiger partial charge on any atom is -0.364 e. The molecule has 2 heterocycles. The Morgan fingerprint density at radius 3 is 2.61 bits per heavy atom. The fourth-order valence-corrected chi connectivity index (χ4v) is 2.69. The van der Waals surface area contributed by atoms with Gasteiger partial charge >= 0.3 is 6.18 Å². The number of carbonyl (C=O) groups is 1. The molecule has 2 rings (SSSR count). The zero-order valence-corrected chi connectivity index (χ0v) is 12.9. The van der Waals surface area contributed by atoms with Crippen molar-refractivity contribution in [3.05, 3.63) is 33.7 Å². The number of amides is 1. The lowest BCUT2D eigenvalue weighted by molar-refractivity contribution is -0.148. The van der Waals surface area contributed by atoms with E-state index in [0.717, 1.165) is 0 Å². The van der Waals surface area contributed by atoms with Crippen molar-refractivity contribution in [2.75, 3.05) is 26.2 Å². The van der Waals surface area contributed by atoms with E-state index in [4.69, 9.17) is 0 Å². The minimum absolute atomic E-state index is 0.0464. The van der Waals surface area contributed by atoms with Gasteiger partial charge in [0.05, 0.1) is 6.54 Å². The maximum Gasteiger partial charge on any atom is 0.401 e. The van der Waals surface area contributed by atoms with E-state index in [1.165, 1.54) is 17.2 Å². The van der Waals surface area contributed by atoms with Crippen molar-refractivity contribution in [2.24, 2.45) is 5.92 Å². The number of nitrogens with zero attached hydrogens (tertiary/aromatic N) is 1. The number of aryl methyl sites for hydroxylation is 1. The summed E-state index contributed by atoms with van der Waals surface area (Å²) in [6.07, 6.45) is -1.60. The first-order valence-electron chi connectivity index (χ1n) is 7.51. The standard InChI is InChI=1S/C15H20F3N3O2/c1-10-6-13(22)12(8-19-10)14(23)20-7-11-2-4-21(5-3-11)9-15(16,17)18/h6,8,11H,2-5,7,9H2,1H3,(H,19,22)(H,20,23). The molecular weight excluding hydrogens is 311 g/mol. The van der Waals surface area contributed by atoms with Gasteiger partial charge in [0.1, 0.15) is 5.56 Å². The lowest BCUT2D eigenvalue weighted by atomic mass is 9.96. The van der Waals surface area contributed by atoms with Gasteiger partial charge in [0.15, 0.2) is 5.43 Å². The van der Waals surface area contributed by atoms with Gasteiger partial charge in [-0.05, 0) is 38.8 Å². The van der Waals surface area contributed by atoms with Gasteiger partial charge in [0.25, 0.3) is 5.91 Å². The van der Waals surface area contributed by atoms with Gasteiger partial charge in [-0.3, -0.25) is 14.5 Å². The van der Waals surface area contributed by atoms with Crippen LogP contribution in [0.15, 0.2) is 17.1 Å². The van der Waals surface area contributed by atoms with E-state index in [-0.39, 0.29) is 16.9 Å². The molecule has 1 amide bonds. The molecule has 23 heavy (non-hydrogen) atoms. The van der Waals surface area contributed by atoms with Crippen molar-refractivity contribution in [3.63, 3.8) is 0 Å². The molecule has 0 saturated carbocycles. The number of rotatable bonds is 4. The van der Waals surface area contributed by atoms with Crippen molar-refractivity contribution in [2.45, 2.75) is 25.9 Å². The summed E-state index contributed by atoms with van der Waals surface area (Å²) in [5.74, 6) is -0.322. The third-order valence-corrected chi connectivity index (χ3v) is 3.96. The molecule has 5 nitrogen and oxygen atoms in total. The molecule has 8 heteroatoms. The highest BCUT2D eigenvalue weighted by atomic mass is 19.4. The number of carbonyl (C=O) groups excluding carboxylic acids is 1. The first-order valence-corrected chi connectivity index (χ1v) is 7.51. The number of piperidine rings is 1. The number of pyridine rings is 1. The number of H-pyrrole nitrogens is 1. The SMILES string of the molecule is Cc1cc(=O)c(C(=O)NCC2CCN(CC(F)(F)F)CC2)c[nH]1. The molecule has 1 aliphatic rings. The molecule has 128 valence electrons. The number of alkyl halides is 3. The zero-order valence-electron chi connectivity index (χ0n) is 12.9. The van der Waals surface area contributed by atoms with Crippen LogP contribution in [0.4, 0.5) is 13.2 Å². The second-order valence-electron chi connectivity index (χ2n) is 5.94. The van der Waals surface area contributed by atoms with Crippen LogP contribution in [0, 0.1) is 12.8 Å². The molecule has 0 atom stereocenters. The van der Waals surface area contributed by atoms with Crippen LogP contribution in [-0.2, 0) is 0 Å². The molecule has 1 saturated heterocycles. The Kier molecular flexibility index (Phi) is 5.46. The Hall–Kier alpha value is -1.83. The summed E-state index contributed by atoms with van der Waals surface area (Å²) in [6, 6.07) is 1.35. The second kappa shape index (κ2) is 7.16. The van der Waals surface area contributed by atoms with Gasteiger partial charge in [-0.2, -0.15) is 13.2 Å². The summed E-state index contributed by atoms with van der Waals surface area (Å²) in [6.45, 7) is 1.94. The smallest absolute Gasteiger partial charge is 0.364 e. The number of halogens is 3. The summed E-state index contributed by atoms with van der Waals surface area (Å²) >= 11 is 0. The number of nitrogens with one attached hydrogen (secondary N) is 2. The molecular formula is C15H20F3N3O2. The number of hydrogen-bond acceptors (Lipinski definition) is 3. The predicted octanol–water partition coefficient (Wildman–Crippen LogP) is 1.69. The Labute approximate surface area is 131 Å². The van der Waals surface area contributed by atoms with Gasteiger partial charge in [0.2, 0.25) is 0 Å². The van der Waals surface area contributed by atoms with Crippen LogP contribution in [0.5, 0.6) is 0 Å². The Morgan fingerprint density at radius 2 is 2.04 bits per heavy atom. The fourth-order valence-electron chi connectivity index (χ4n) is 2.69. The van der Waals surface area contributed by atoms with Crippen molar-refractivity contribution in [1.29, 1.82) is 0 Å². The average Bonchev–Trinajstić information content (AvgIpc) is 2.44. The molecule has 1 aliphatic heterocycles. The Balaban J connectivity index is 1.79. The Bertz CT molecular complexity index is 605. The lowest BCUT2D eigenvalue weighted by Gasteiger charge is -2.32. The molecule has 0 unspecified atom stereocenters. The monoisotopic (exact) mass is 331 g/mol. The summed E-state index contributed by atoms with van der Waals surface area (Å²) < 4.78 is 36.9. The van der Waals surface area contributed by atoms with Crippen molar-refractivity contribution < 1.29 is 18.0 Å². The van der Waals surface area contributed by atoms with Crippen molar-refractivity contribution in [1.82, 2.24) is 15.2 Å². The highest BCUT2D eigenvalue weighted by Gasteiger charge is 2.32. The van der Waals surface area contributed by atoms with Gasteiger partial charge in [-0.15, -0.1) is 0 Å². The number of hydrogen-bond donors (Lipinski definition) is 2. The molecule has 0 spiro atoms. The summed E-state index contributed by atoms with van der Waals surface area (Å²) in [5.41, 5.74) is 0.368. The molecule has 2 N–H and O–H groups in total. The van der Waals surface area contributed by atoms with E-state index in [1.807, 2.05) is 0 Å². The molecule has 1 fully saturated rings. The van der Waals surface area contributed by atoms with Gasteiger partial charge in [-0.25, -0.2) is 0 Å². The predicted molar refractivity (Wildman–Crippen MR) is 79.4 cm³/mol. The van der Waals surface area contributed by atoms with Crippen LogP contribution in [-0.4, -0.2) is 48.1 Å². The average molecular weight is 331 g/mol. The van der Waals surface area contributed by atoms with Crippen LogP contribution >= 0.6 is 0 Å². The highest BCUT2D eigenvalue weighted by Crippen LogP contribution is 2.22. The van der Waals surface area contributed by atoms with Gasteiger partial charge in [-0.1, -0.05) is 0 Å². The van der Waals surface area contributed by atoms with E-state index < -0.39 is 18.6 Å². The number of aromatic nitrogens is 1. The zero-order chi connectivity index (χ0) is 17.0. The summed E-state index contributed by atoms with van der Waals surface area (Å²) in [7, 11) is 0. The first kappa shape index (κ1) is 17.5. The number of aromatic amines is 1. The molecule has 0 radical (unpaired) electrons. The maximum atomic E-state index is 12.3. The fraction of sp³-hybridized carbons (Fsp3) is 0.600. The topological polar surface area (TPSA) is 65.2 Å². The minimum atomic E-state index is -4.17. The van der Waals surface area contributed by atoms with Gasteiger partial charge in [0, 0.05) is 24.5 Å². The summed E-state index contributed by atoms with van der Waals surface area (Å²) in [4.78, 5) is 27.9. The van der Waals surface area contributed by atoms with Crippen LogP contribution in [0.1, 0.15) is 28.9 Å². The van der Waals surface area contributed by atoms with Gasteiger partial charge < -0.3 is 10.3 Å². The molecule has 1 aromatic rings. The van der Waals surface area contributed by atoms with E-state index >= 15 is 0 Å².